The van der Waals surface area contributed by atoms with E-state index in [4.69, 9.17) is 4.74 Å². The second kappa shape index (κ2) is 7.97. The molecule has 4 nitrogen and oxygen atoms in total. The number of halogens is 1. The Bertz CT molecular complexity index is 1110. The first-order valence-corrected chi connectivity index (χ1v) is 10.5. The number of benzene rings is 3. The highest BCUT2D eigenvalue weighted by molar-refractivity contribution is 14.1. The van der Waals surface area contributed by atoms with E-state index in [2.05, 4.69) is 22.6 Å². The Kier molecular flexibility index (Phi) is 5.41. The molecule has 28 heavy (non-hydrogen) atoms. The van der Waals surface area contributed by atoms with Gasteiger partial charge in [-0.15, -0.1) is 0 Å². The van der Waals surface area contributed by atoms with Crippen molar-refractivity contribution in [1.29, 1.82) is 0 Å². The van der Waals surface area contributed by atoms with Gasteiger partial charge in [0.1, 0.15) is 5.75 Å². The Balaban J connectivity index is 1.66. The van der Waals surface area contributed by atoms with Gasteiger partial charge in [0, 0.05) is 8.96 Å². The number of hydrogen-bond donors (Lipinski definition) is 0. The number of ether oxygens (including phenoxy) is 1. The zero-order valence-corrected chi connectivity index (χ0v) is 18.0. The third kappa shape index (κ3) is 3.66. The van der Waals surface area contributed by atoms with Crippen LogP contribution in [-0.4, -0.2) is 23.2 Å². The van der Waals surface area contributed by atoms with Gasteiger partial charge in [0.15, 0.2) is 0 Å². The number of rotatable bonds is 4. The largest absolute Gasteiger partial charge is 0.496 e. The van der Waals surface area contributed by atoms with Crippen LogP contribution in [0.15, 0.2) is 65.6 Å². The fraction of sp³-hybridized carbons (Fsp3) is 0.0909. The van der Waals surface area contributed by atoms with E-state index in [1.807, 2.05) is 60.7 Å². The summed E-state index contributed by atoms with van der Waals surface area (Å²) in [7, 11) is 1.64. The van der Waals surface area contributed by atoms with Crippen molar-refractivity contribution >= 4 is 62.3 Å². The molecule has 1 aliphatic rings. The molecule has 1 heterocycles. The van der Waals surface area contributed by atoms with Crippen LogP contribution < -0.4 is 4.74 Å². The highest BCUT2D eigenvalue weighted by atomic mass is 127. The zero-order chi connectivity index (χ0) is 19.7. The summed E-state index contributed by atoms with van der Waals surface area (Å²) in [6.45, 7) is 0.280. The number of hydrogen-bond acceptors (Lipinski definition) is 4. The van der Waals surface area contributed by atoms with Gasteiger partial charge in [-0.2, -0.15) is 0 Å². The van der Waals surface area contributed by atoms with Gasteiger partial charge in [-0.05, 0) is 75.1 Å². The van der Waals surface area contributed by atoms with Crippen LogP contribution in [0.2, 0.25) is 0 Å². The van der Waals surface area contributed by atoms with Gasteiger partial charge < -0.3 is 4.74 Å². The van der Waals surface area contributed by atoms with Crippen LogP contribution >= 0.6 is 34.4 Å². The van der Waals surface area contributed by atoms with Crippen molar-refractivity contribution in [3.05, 3.63) is 80.3 Å². The summed E-state index contributed by atoms with van der Waals surface area (Å²) in [4.78, 5) is 27.0. The smallest absolute Gasteiger partial charge is 0.293 e. The van der Waals surface area contributed by atoms with E-state index in [0.717, 1.165) is 43.0 Å². The summed E-state index contributed by atoms with van der Waals surface area (Å²) in [5, 5.41) is 1.70. The molecule has 4 rings (SSSR count). The van der Waals surface area contributed by atoms with E-state index < -0.39 is 0 Å². The second-order valence-corrected chi connectivity index (χ2v) is 8.54. The van der Waals surface area contributed by atoms with Crippen molar-refractivity contribution in [2.24, 2.45) is 0 Å². The first kappa shape index (κ1) is 19.0. The quantitative estimate of drug-likeness (QED) is 0.341. The number of amides is 2. The Hall–Kier alpha value is -2.32. The van der Waals surface area contributed by atoms with Gasteiger partial charge in [0.2, 0.25) is 0 Å². The van der Waals surface area contributed by atoms with Crippen LogP contribution in [0.5, 0.6) is 5.75 Å². The standard InChI is InChI=1S/C22H16INO3S/c1-27-19-11-8-15(17-4-2-3-5-18(17)19)12-20-21(25)24(22(26)28-20)13-14-6-9-16(23)10-7-14/h2-12H,13H2,1H3/b20-12+. The number of fused-ring (bicyclic) bond motifs is 1. The topological polar surface area (TPSA) is 46.6 Å². The third-order valence-corrected chi connectivity index (χ3v) is 6.18. The summed E-state index contributed by atoms with van der Waals surface area (Å²) < 4.78 is 6.54. The van der Waals surface area contributed by atoms with Gasteiger partial charge >= 0.3 is 0 Å². The minimum atomic E-state index is -0.256. The second-order valence-electron chi connectivity index (χ2n) is 6.30. The molecule has 0 saturated carbocycles. The number of carbonyl (C=O) groups is 2. The van der Waals surface area contributed by atoms with Gasteiger partial charge in [0.25, 0.3) is 11.1 Å². The van der Waals surface area contributed by atoms with Gasteiger partial charge in [0.05, 0.1) is 18.6 Å². The minimum Gasteiger partial charge on any atom is -0.496 e. The molecule has 6 heteroatoms. The normalized spacial score (nSPS) is 15.6. The average Bonchev–Trinajstić information content (AvgIpc) is 2.97. The molecule has 3 aromatic carbocycles. The first-order chi connectivity index (χ1) is 13.6. The summed E-state index contributed by atoms with van der Waals surface area (Å²) >= 11 is 3.21. The fourth-order valence-corrected chi connectivity index (χ4v) is 4.34. The summed E-state index contributed by atoms with van der Waals surface area (Å²) in [5.41, 5.74) is 1.81. The van der Waals surface area contributed by atoms with Crippen LogP contribution in [0.25, 0.3) is 16.8 Å². The van der Waals surface area contributed by atoms with Crippen LogP contribution in [0.3, 0.4) is 0 Å². The van der Waals surface area contributed by atoms with Crippen LogP contribution in [-0.2, 0) is 11.3 Å². The van der Waals surface area contributed by atoms with E-state index in [1.165, 1.54) is 4.90 Å². The van der Waals surface area contributed by atoms with Crippen molar-refractivity contribution in [2.75, 3.05) is 7.11 Å². The maximum atomic E-state index is 12.8. The molecule has 0 N–H and O–H groups in total. The lowest BCUT2D eigenvalue weighted by molar-refractivity contribution is -0.123. The number of imide groups is 1. The van der Waals surface area contributed by atoms with E-state index >= 15 is 0 Å². The van der Waals surface area contributed by atoms with Crippen LogP contribution in [0, 0.1) is 3.57 Å². The number of thioether (sulfide) groups is 1. The Morgan fingerprint density at radius 1 is 1.00 bits per heavy atom. The molecular formula is C22H16INO3S. The SMILES string of the molecule is COc1ccc(/C=C2/SC(=O)N(Cc3ccc(I)cc3)C2=O)c2ccccc12. The lowest BCUT2D eigenvalue weighted by Gasteiger charge is -2.12. The van der Waals surface area contributed by atoms with Gasteiger partial charge in [-0.1, -0.05) is 42.5 Å². The average molecular weight is 501 g/mol. The monoisotopic (exact) mass is 501 g/mol. The Morgan fingerprint density at radius 2 is 1.71 bits per heavy atom. The van der Waals surface area contributed by atoms with Crippen LogP contribution in [0.1, 0.15) is 11.1 Å². The lowest BCUT2D eigenvalue weighted by Crippen LogP contribution is -2.27. The lowest BCUT2D eigenvalue weighted by atomic mass is 10.0. The van der Waals surface area contributed by atoms with Crippen molar-refractivity contribution in [2.45, 2.75) is 6.54 Å². The molecule has 0 aliphatic carbocycles. The molecule has 0 bridgehead atoms. The van der Waals surface area contributed by atoms with Crippen molar-refractivity contribution in [3.63, 3.8) is 0 Å². The third-order valence-electron chi connectivity index (χ3n) is 4.55. The molecule has 0 spiro atoms. The van der Waals surface area contributed by atoms with Crippen molar-refractivity contribution < 1.29 is 14.3 Å². The maximum absolute atomic E-state index is 12.8. The Labute approximate surface area is 180 Å². The predicted octanol–water partition coefficient (Wildman–Crippen LogP) is 5.69. The highest BCUT2D eigenvalue weighted by Gasteiger charge is 2.35. The summed E-state index contributed by atoms with van der Waals surface area (Å²) in [6, 6.07) is 19.5. The number of nitrogens with zero attached hydrogens (tertiary/aromatic N) is 1. The van der Waals surface area contributed by atoms with E-state index in [1.54, 1.807) is 13.2 Å². The molecule has 2 amide bonds. The molecule has 1 saturated heterocycles. The number of carbonyl (C=O) groups excluding carboxylic acids is 2. The Morgan fingerprint density at radius 3 is 2.43 bits per heavy atom. The van der Waals surface area contributed by atoms with Gasteiger partial charge in [-0.3, -0.25) is 14.5 Å². The minimum absolute atomic E-state index is 0.243. The molecule has 0 unspecified atom stereocenters. The van der Waals surface area contributed by atoms with Crippen LogP contribution in [0.4, 0.5) is 4.79 Å². The number of methoxy groups -OCH3 is 1. The molecular weight excluding hydrogens is 485 g/mol. The maximum Gasteiger partial charge on any atom is 0.293 e. The van der Waals surface area contributed by atoms with Crippen molar-refractivity contribution in [1.82, 2.24) is 4.90 Å². The molecule has 0 aromatic heterocycles. The van der Waals surface area contributed by atoms with E-state index in [0.29, 0.717) is 4.91 Å². The predicted molar refractivity (Wildman–Crippen MR) is 121 cm³/mol. The zero-order valence-electron chi connectivity index (χ0n) is 15.0. The highest BCUT2D eigenvalue weighted by Crippen LogP contribution is 2.36. The molecule has 1 aliphatic heterocycles. The first-order valence-electron chi connectivity index (χ1n) is 8.62. The van der Waals surface area contributed by atoms with Crippen molar-refractivity contribution in [3.8, 4) is 5.75 Å². The summed E-state index contributed by atoms with van der Waals surface area (Å²) in [5.74, 6) is 0.521. The van der Waals surface area contributed by atoms with E-state index in [9.17, 15) is 9.59 Å². The summed E-state index contributed by atoms with van der Waals surface area (Å²) in [6.07, 6.45) is 1.79. The van der Waals surface area contributed by atoms with Gasteiger partial charge in [-0.25, -0.2) is 0 Å². The molecule has 0 radical (unpaired) electrons. The molecule has 3 aromatic rings. The molecule has 1 fully saturated rings. The molecule has 0 atom stereocenters. The molecule has 140 valence electrons. The van der Waals surface area contributed by atoms with E-state index in [-0.39, 0.29) is 17.7 Å². The fourth-order valence-electron chi connectivity index (χ4n) is 3.15.